The first-order valence-corrected chi connectivity index (χ1v) is 11.6. The Morgan fingerprint density at radius 2 is 2.15 bits per heavy atom. The molecule has 34 heavy (non-hydrogen) atoms. The number of carbonyl (C=O) groups is 1. The summed E-state index contributed by atoms with van der Waals surface area (Å²) in [7, 11) is 1.93. The number of aryl methyl sites for hydroxylation is 2. The Bertz CT molecular complexity index is 1350. The molecule has 4 aromatic rings. The van der Waals surface area contributed by atoms with E-state index in [1.807, 2.05) is 35.5 Å². The number of rotatable bonds is 6. The maximum atomic E-state index is 12.9. The minimum absolute atomic E-state index is 0.0920. The molecule has 5 heterocycles. The van der Waals surface area contributed by atoms with Crippen molar-refractivity contribution in [1.29, 1.82) is 0 Å². The Morgan fingerprint density at radius 1 is 1.32 bits per heavy atom. The highest BCUT2D eigenvalue weighted by Crippen LogP contribution is 2.30. The third kappa shape index (κ3) is 3.70. The van der Waals surface area contributed by atoms with Crippen LogP contribution in [0.5, 0.6) is 5.88 Å². The molecule has 1 aliphatic rings. The molecule has 1 unspecified atom stereocenters. The molecule has 1 saturated heterocycles. The van der Waals surface area contributed by atoms with Crippen molar-refractivity contribution in [3.8, 4) is 17.3 Å². The van der Waals surface area contributed by atoms with Crippen LogP contribution < -0.4 is 4.74 Å². The molecule has 1 fully saturated rings. The Balaban J connectivity index is 1.36. The molecule has 0 aliphatic carbocycles. The van der Waals surface area contributed by atoms with Crippen molar-refractivity contribution >= 4 is 17.1 Å². The SMILES string of the molecule is CCn1ncc(-c2nc3c(OC4CCN(C(=O)c5cc(C(C)C)[nH]n5)C4)ncnc3n2C)c1C. The molecule has 0 saturated carbocycles. The number of ether oxygens (including phenoxy) is 1. The first kappa shape index (κ1) is 22.1. The standard InChI is InChI=1S/C23H29N9O2/c1-6-32-14(4)16(10-26-32)20-27-19-21(30(20)5)24-12-25-22(19)34-15-7-8-31(11-15)23(33)18-9-17(13(2)3)28-29-18/h9-10,12-13,15H,6-8,11H2,1-5H3,(H,28,29). The van der Waals surface area contributed by atoms with Gasteiger partial charge in [-0.3, -0.25) is 14.6 Å². The third-order valence-corrected chi connectivity index (χ3v) is 6.42. The zero-order valence-electron chi connectivity index (χ0n) is 20.1. The van der Waals surface area contributed by atoms with Crippen LogP contribution in [0, 0.1) is 6.92 Å². The molecule has 1 aliphatic heterocycles. The predicted molar refractivity (Wildman–Crippen MR) is 126 cm³/mol. The highest BCUT2D eigenvalue weighted by atomic mass is 16.5. The molecular formula is C23H29N9O2. The Labute approximate surface area is 197 Å². The number of aromatic amines is 1. The van der Waals surface area contributed by atoms with Crippen LogP contribution in [0.1, 0.15) is 55.0 Å². The van der Waals surface area contributed by atoms with Gasteiger partial charge >= 0.3 is 0 Å². The fourth-order valence-electron chi connectivity index (χ4n) is 4.36. The van der Waals surface area contributed by atoms with Crippen LogP contribution in [0.3, 0.4) is 0 Å². The molecule has 1 atom stereocenters. The number of likely N-dealkylation sites (tertiary alicyclic amines) is 1. The van der Waals surface area contributed by atoms with Gasteiger partial charge in [0.1, 0.15) is 23.9 Å². The Morgan fingerprint density at radius 3 is 2.85 bits per heavy atom. The topological polar surface area (TPSA) is 120 Å². The van der Waals surface area contributed by atoms with Gasteiger partial charge in [0.25, 0.3) is 5.91 Å². The van der Waals surface area contributed by atoms with Gasteiger partial charge in [0.2, 0.25) is 5.88 Å². The zero-order chi connectivity index (χ0) is 24.0. The van der Waals surface area contributed by atoms with E-state index in [-0.39, 0.29) is 17.9 Å². The van der Waals surface area contributed by atoms with E-state index >= 15 is 0 Å². The normalized spacial score (nSPS) is 16.2. The van der Waals surface area contributed by atoms with Crippen LogP contribution in [0.25, 0.3) is 22.6 Å². The van der Waals surface area contributed by atoms with E-state index < -0.39 is 0 Å². The molecule has 178 valence electrons. The third-order valence-electron chi connectivity index (χ3n) is 6.42. The minimum Gasteiger partial charge on any atom is -0.471 e. The molecule has 1 amide bonds. The molecular weight excluding hydrogens is 434 g/mol. The smallest absolute Gasteiger partial charge is 0.274 e. The number of imidazole rings is 1. The van der Waals surface area contributed by atoms with Crippen LogP contribution in [0.4, 0.5) is 0 Å². The van der Waals surface area contributed by atoms with Gasteiger partial charge in [0.15, 0.2) is 11.2 Å². The van der Waals surface area contributed by atoms with Gasteiger partial charge in [0.05, 0.1) is 18.3 Å². The fraction of sp³-hybridized carbons (Fsp3) is 0.478. The van der Waals surface area contributed by atoms with E-state index in [2.05, 4.69) is 46.0 Å². The van der Waals surface area contributed by atoms with Gasteiger partial charge < -0.3 is 14.2 Å². The molecule has 0 bridgehead atoms. The van der Waals surface area contributed by atoms with Crippen molar-refractivity contribution in [2.75, 3.05) is 13.1 Å². The summed E-state index contributed by atoms with van der Waals surface area (Å²) in [6.45, 7) is 10.1. The van der Waals surface area contributed by atoms with Gasteiger partial charge in [0, 0.05) is 37.9 Å². The second-order valence-corrected chi connectivity index (χ2v) is 8.95. The molecule has 0 aromatic carbocycles. The summed E-state index contributed by atoms with van der Waals surface area (Å²) in [6, 6.07) is 1.83. The summed E-state index contributed by atoms with van der Waals surface area (Å²) >= 11 is 0. The maximum absolute atomic E-state index is 12.9. The van der Waals surface area contributed by atoms with Crippen molar-refractivity contribution < 1.29 is 9.53 Å². The lowest BCUT2D eigenvalue weighted by atomic mass is 10.1. The molecule has 4 aromatic heterocycles. The highest BCUT2D eigenvalue weighted by molar-refractivity contribution is 5.92. The van der Waals surface area contributed by atoms with Crippen molar-refractivity contribution in [1.82, 2.24) is 44.4 Å². The van der Waals surface area contributed by atoms with Crippen molar-refractivity contribution in [3.63, 3.8) is 0 Å². The number of hydrogen-bond donors (Lipinski definition) is 1. The molecule has 0 spiro atoms. The van der Waals surface area contributed by atoms with Gasteiger partial charge in [-0.1, -0.05) is 13.8 Å². The number of carbonyl (C=O) groups excluding carboxylic acids is 1. The number of aromatic nitrogens is 8. The largest absolute Gasteiger partial charge is 0.471 e. The van der Waals surface area contributed by atoms with E-state index in [1.165, 1.54) is 6.33 Å². The number of nitrogens with one attached hydrogen (secondary N) is 1. The lowest BCUT2D eigenvalue weighted by Crippen LogP contribution is -2.31. The number of fused-ring (bicyclic) bond motifs is 1. The molecule has 5 rings (SSSR count). The van der Waals surface area contributed by atoms with Crippen molar-refractivity contribution in [2.45, 2.75) is 52.7 Å². The van der Waals surface area contributed by atoms with E-state index in [1.54, 1.807) is 4.90 Å². The molecule has 1 N–H and O–H groups in total. The lowest BCUT2D eigenvalue weighted by molar-refractivity contribution is 0.0765. The summed E-state index contributed by atoms with van der Waals surface area (Å²) in [5, 5.41) is 11.6. The van der Waals surface area contributed by atoms with Crippen LogP contribution >= 0.6 is 0 Å². The van der Waals surface area contributed by atoms with Crippen LogP contribution in [0.15, 0.2) is 18.6 Å². The number of nitrogens with zero attached hydrogens (tertiary/aromatic N) is 8. The monoisotopic (exact) mass is 463 g/mol. The van der Waals surface area contributed by atoms with Crippen LogP contribution in [-0.4, -0.2) is 69.5 Å². The van der Waals surface area contributed by atoms with Crippen LogP contribution in [-0.2, 0) is 13.6 Å². The summed E-state index contributed by atoms with van der Waals surface area (Å²) in [5.74, 6) is 1.38. The molecule has 0 radical (unpaired) electrons. The molecule has 11 heteroatoms. The number of hydrogen-bond acceptors (Lipinski definition) is 7. The Hall–Kier alpha value is -3.76. The quantitative estimate of drug-likeness (QED) is 0.467. The summed E-state index contributed by atoms with van der Waals surface area (Å²) in [6.07, 6.45) is 3.84. The van der Waals surface area contributed by atoms with Gasteiger partial charge in [-0.2, -0.15) is 15.2 Å². The van der Waals surface area contributed by atoms with Gasteiger partial charge in [-0.25, -0.2) is 9.97 Å². The zero-order valence-corrected chi connectivity index (χ0v) is 20.1. The minimum atomic E-state index is -0.180. The second kappa shape index (κ2) is 8.54. The average Bonchev–Trinajstić information content (AvgIpc) is 3.61. The average molecular weight is 464 g/mol. The van der Waals surface area contributed by atoms with Crippen LogP contribution in [0.2, 0.25) is 0 Å². The van der Waals surface area contributed by atoms with E-state index in [0.29, 0.717) is 42.2 Å². The summed E-state index contributed by atoms with van der Waals surface area (Å²) in [5.41, 5.74) is 4.66. The van der Waals surface area contributed by atoms with Crippen molar-refractivity contribution in [2.24, 2.45) is 7.05 Å². The number of H-pyrrole nitrogens is 1. The lowest BCUT2D eigenvalue weighted by Gasteiger charge is -2.15. The molecule has 11 nitrogen and oxygen atoms in total. The Kier molecular flexibility index (Phi) is 5.54. The first-order valence-electron chi connectivity index (χ1n) is 11.6. The van der Waals surface area contributed by atoms with E-state index in [0.717, 1.165) is 29.3 Å². The highest BCUT2D eigenvalue weighted by Gasteiger charge is 2.31. The van der Waals surface area contributed by atoms with E-state index in [9.17, 15) is 4.79 Å². The predicted octanol–water partition coefficient (Wildman–Crippen LogP) is 2.70. The number of amides is 1. The van der Waals surface area contributed by atoms with Gasteiger partial charge in [-0.05, 0) is 25.8 Å². The fourth-order valence-corrected chi connectivity index (χ4v) is 4.36. The summed E-state index contributed by atoms with van der Waals surface area (Å²) < 4.78 is 10.1. The second-order valence-electron chi connectivity index (χ2n) is 8.95. The maximum Gasteiger partial charge on any atom is 0.274 e. The van der Waals surface area contributed by atoms with Gasteiger partial charge in [-0.15, -0.1) is 0 Å². The first-order chi connectivity index (χ1) is 16.4. The van der Waals surface area contributed by atoms with E-state index in [4.69, 9.17) is 9.72 Å². The van der Waals surface area contributed by atoms with Crippen molar-refractivity contribution in [3.05, 3.63) is 35.7 Å². The summed E-state index contributed by atoms with van der Waals surface area (Å²) in [4.78, 5) is 28.3.